The predicted molar refractivity (Wildman–Crippen MR) is 94.2 cm³/mol. The van der Waals surface area contributed by atoms with Gasteiger partial charge in [0.15, 0.2) is 0 Å². The van der Waals surface area contributed by atoms with Crippen molar-refractivity contribution in [3.05, 3.63) is 77.9 Å². The van der Waals surface area contributed by atoms with Crippen LogP contribution in [0.25, 0.3) is 32.9 Å². The first-order valence-corrected chi connectivity index (χ1v) is 7.58. The Morgan fingerprint density at radius 3 is 2.45 bits per heavy atom. The van der Waals surface area contributed by atoms with Crippen molar-refractivity contribution >= 4 is 21.7 Å². The fraction of sp³-hybridized carbons (Fsp3) is 0.0952. The van der Waals surface area contributed by atoms with Crippen molar-refractivity contribution in [3.63, 3.8) is 0 Å². The Morgan fingerprint density at radius 2 is 1.55 bits per heavy atom. The average molecular weight is 283 g/mol. The summed E-state index contributed by atoms with van der Waals surface area (Å²) in [5.74, 6) is 0. The topological polar surface area (TPSA) is 12.9 Å². The van der Waals surface area contributed by atoms with Gasteiger partial charge in [-0.2, -0.15) is 0 Å². The maximum Gasteiger partial charge on any atom is 0.0718 e. The van der Waals surface area contributed by atoms with Crippen molar-refractivity contribution < 1.29 is 0 Å². The molecule has 4 aromatic rings. The zero-order valence-electron chi connectivity index (χ0n) is 12.8. The van der Waals surface area contributed by atoms with Gasteiger partial charge in [-0.3, -0.25) is 0 Å². The maximum atomic E-state index is 4.90. The van der Waals surface area contributed by atoms with E-state index in [1.54, 1.807) is 0 Å². The van der Waals surface area contributed by atoms with E-state index in [9.17, 15) is 0 Å². The first kappa shape index (κ1) is 13.0. The predicted octanol–water partition coefficient (Wildman–Crippen LogP) is 5.67. The van der Waals surface area contributed by atoms with Crippen LogP contribution in [0.15, 0.2) is 66.7 Å². The maximum absolute atomic E-state index is 4.90. The number of nitrogens with zero attached hydrogens (tertiary/aromatic N) is 1. The van der Waals surface area contributed by atoms with E-state index in [2.05, 4.69) is 80.6 Å². The molecule has 0 fully saturated rings. The molecule has 0 saturated heterocycles. The number of pyridine rings is 1. The third kappa shape index (κ3) is 2.06. The summed E-state index contributed by atoms with van der Waals surface area (Å²) in [5.41, 5.74) is 5.86. The van der Waals surface area contributed by atoms with Gasteiger partial charge in [0.05, 0.1) is 11.2 Å². The van der Waals surface area contributed by atoms with E-state index in [-0.39, 0.29) is 0 Å². The summed E-state index contributed by atoms with van der Waals surface area (Å²) < 4.78 is 0. The summed E-state index contributed by atoms with van der Waals surface area (Å²) in [6.07, 6.45) is 0. The molecule has 0 aliphatic carbocycles. The number of rotatable bonds is 1. The van der Waals surface area contributed by atoms with Crippen LogP contribution in [0.3, 0.4) is 0 Å². The van der Waals surface area contributed by atoms with Gasteiger partial charge in [-0.1, -0.05) is 54.1 Å². The highest BCUT2D eigenvalue weighted by atomic mass is 14.7. The van der Waals surface area contributed by atoms with Gasteiger partial charge in [-0.15, -0.1) is 0 Å². The van der Waals surface area contributed by atoms with Crippen molar-refractivity contribution in [3.8, 4) is 11.3 Å². The lowest BCUT2D eigenvalue weighted by Gasteiger charge is -2.10. The van der Waals surface area contributed by atoms with Crippen LogP contribution < -0.4 is 0 Å². The summed E-state index contributed by atoms with van der Waals surface area (Å²) in [5, 5.41) is 3.75. The van der Waals surface area contributed by atoms with Crippen LogP contribution >= 0.6 is 0 Å². The molecule has 0 atom stereocenters. The molecule has 1 heterocycles. The van der Waals surface area contributed by atoms with Gasteiger partial charge in [0, 0.05) is 10.9 Å². The molecule has 0 N–H and O–H groups in total. The lowest BCUT2D eigenvalue weighted by Crippen LogP contribution is -1.90. The normalized spacial score (nSPS) is 11.2. The van der Waals surface area contributed by atoms with E-state index in [1.165, 1.54) is 32.8 Å². The van der Waals surface area contributed by atoms with E-state index in [1.807, 2.05) is 0 Å². The molecule has 22 heavy (non-hydrogen) atoms. The van der Waals surface area contributed by atoms with Gasteiger partial charge < -0.3 is 0 Å². The fourth-order valence-corrected chi connectivity index (χ4v) is 3.09. The Bertz CT molecular complexity index is 994. The minimum absolute atomic E-state index is 1.05. The van der Waals surface area contributed by atoms with Crippen molar-refractivity contribution in [2.75, 3.05) is 0 Å². The largest absolute Gasteiger partial charge is 0.248 e. The molecule has 0 aliphatic rings. The molecule has 3 aromatic carbocycles. The van der Waals surface area contributed by atoms with Crippen LogP contribution in [0.4, 0.5) is 0 Å². The molecular weight excluding hydrogens is 266 g/mol. The van der Waals surface area contributed by atoms with Crippen molar-refractivity contribution in [2.45, 2.75) is 13.8 Å². The molecule has 1 aromatic heterocycles. The Morgan fingerprint density at radius 1 is 0.727 bits per heavy atom. The van der Waals surface area contributed by atoms with Crippen molar-refractivity contribution in [1.82, 2.24) is 4.98 Å². The summed E-state index contributed by atoms with van der Waals surface area (Å²) in [6, 6.07) is 23.5. The minimum atomic E-state index is 1.05. The highest BCUT2D eigenvalue weighted by molar-refractivity contribution is 5.97. The number of hydrogen-bond acceptors (Lipinski definition) is 1. The molecule has 0 radical (unpaired) electrons. The van der Waals surface area contributed by atoms with E-state index < -0.39 is 0 Å². The van der Waals surface area contributed by atoms with Crippen LogP contribution in [0, 0.1) is 13.8 Å². The zero-order valence-corrected chi connectivity index (χ0v) is 12.8. The molecule has 0 amide bonds. The van der Waals surface area contributed by atoms with Crippen LogP contribution in [-0.2, 0) is 0 Å². The lowest BCUT2D eigenvalue weighted by molar-refractivity contribution is 1.35. The van der Waals surface area contributed by atoms with Crippen LogP contribution in [0.2, 0.25) is 0 Å². The first-order chi connectivity index (χ1) is 10.7. The fourth-order valence-electron chi connectivity index (χ4n) is 3.09. The highest BCUT2D eigenvalue weighted by Crippen LogP contribution is 2.30. The summed E-state index contributed by atoms with van der Waals surface area (Å²) in [4.78, 5) is 4.90. The highest BCUT2D eigenvalue weighted by Gasteiger charge is 2.08. The third-order valence-electron chi connectivity index (χ3n) is 4.24. The number of fused-ring (bicyclic) bond motifs is 2. The number of aromatic nitrogens is 1. The van der Waals surface area contributed by atoms with Gasteiger partial charge in [-0.05, 0) is 48.4 Å². The van der Waals surface area contributed by atoms with E-state index in [0.29, 0.717) is 0 Å². The van der Waals surface area contributed by atoms with E-state index >= 15 is 0 Å². The monoisotopic (exact) mass is 283 g/mol. The second-order valence-electron chi connectivity index (χ2n) is 5.87. The molecule has 0 saturated carbocycles. The number of benzene rings is 3. The Balaban J connectivity index is 2.03. The zero-order chi connectivity index (χ0) is 15.1. The molecule has 0 bridgehead atoms. The van der Waals surface area contributed by atoms with Crippen LogP contribution in [0.5, 0.6) is 0 Å². The van der Waals surface area contributed by atoms with Gasteiger partial charge in [0.1, 0.15) is 0 Å². The van der Waals surface area contributed by atoms with Gasteiger partial charge in [-0.25, -0.2) is 4.98 Å². The van der Waals surface area contributed by atoms with Crippen LogP contribution in [-0.4, -0.2) is 4.98 Å². The number of hydrogen-bond donors (Lipinski definition) is 0. The average Bonchev–Trinajstić information content (AvgIpc) is 2.55. The molecule has 0 unspecified atom stereocenters. The second kappa shape index (κ2) is 4.96. The number of aryl methyl sites for hydroxylation is 2. The quantitative estimate of drug-likeness (QED) is 0.438. The molecule has 4 rings (SSSR count). The van der Waals surface area contributed by atoms with Gasteiger partial charge in [0.25, 0.3) is 0 Å². The molecule has 1 heteroatoms. The molecule has 106 valence electrons. The Labute approximate surface area is 130 Å². The van der Waals surface area contributed by atoms with Crippen molar-refractivity contribution in [1.29, 1.82) is 0 Å². The van der Waals surface area contributed by atoms with Gasteiger partial charge in [0.2, 0.25) is 0 Å². The Kier molecular flexibility index (Phi) is 2.93. The smallest absolute Gasteiger partial charge is 0.0718 e. The lowest BCUT2D eigenvalue weighted by atomic mass is 9.99. The summed E-state index contributed by atoms with van der Waals surface area (Å²) in [7, 11) is 0. The third-order valence-corrected chi connectivity index (χ3v) is 4.24. The Hall–Kier alpha value is -2.67. The molecule has 0 aliphatic heterocycles. The summed E-state index contributed by atoms with van der Waals surface area (Å²) >= 11 is 0. The SMILES string of the molecule is Cc1ccc2nc(-c3cccc4ccccc34)cc(C)c2c1. The first-order valence-electron chi connectivity index (χ1n) is 7.58. The molecule has 0 spiro atoms. The minimum Gasteiger partial charge on any atom is -0.248 e. The molecular formula is C21H17N. The van der Waals surface area contributed by atoms with E-state index in [0.717, 1.165) is 11.2 Å². The standard InChI is InChI=1S/C21H17N/c1-14-10-11-20-19(12-14)15(2)13-21(22-20)18-9-5-7-16-6-3-4-8-17(16)18/h3-13H,1-2H3. The molecule has 1 nitrogen and oxygen atoms in total. The summed E-state index contributed by atoms with van der Waals surface area (Å²) in [6.45, 7) is 4.29. The van der Waals surface area contributed by atoms with Crippen molar-refractivity contribution in [2.24, 2.45) is 0 Å². The second-order valence-corrected chi connectivity index (χ2v) is 5.87. The van der Waals surface area contributed by atoms with E-state index in [4.69, 9.17) is 4.98 Å². The van der Waals surface area contributed by atoms with Gasteiger partial charge >= 0.3 is 0 Å². The van der Waals surface area contributed by atoms with Crippen LogP contribution in [0.1, 0.15) is 11.1 Å².